The van der Waals surface area contributed by atoms with E-state index in [4.69, 9.17) is 0 Å². The van der Waals surface area contributed by atoms with E-state index in [-0.39, 0.29) is 269 Å². The largest absolute Gasteiger partial charge is 0.103 e. The smallest absolute Gasteiger partial charge is 0 e. The number of hydrogen-bond donors (Lipinski definition) is 0. The van der Waals surface area contributed by atoms with Crippen LogP contribution >= 0.6 is 33.8 Å². The van der Waals surface area contributed by atoms with E-state index in [1.165, 1.54) is 0 Å². The maximum Gasteiger partial charge on any atom is 0 e. The van der Waals surface area contributed by atoms with Crippen LogP contribution in [-0.4, -0.2) is 0 Å². The summed E-state index contributed by atoms with van der Waals surface area (Å²) in [4.78, 5) is 0. The third-order valence-electron chi connectivity index (χ3n) is 0. The van der Waals surface area contributed by atoms with Gasteiger partial charge in [0, 0.05) is 262 Å². The van der Waals surface area contributed by atoms with Gasteiger partial charge in [0.2, 0.25) is 0 Å². The zero-order chi connectivity index (χ0) is 3.58. The van der Waals surface area contributed by atoms with Gasteiger partial charge in [-0.1, -0.05) is 0 Å². The van der Waals surface area contributed by atoms with Crippen molar-refractivity contribution in [3.63, 3.8) is 0 Å². The minimum absolute atomic E-state index is 0. The van der Waals surface area contributed by atoms with Crippen molar-refractivity contribution in [2.45, 2.75) is 0 Å². The third kappa shape index (κ3) is 70.6. The average molecular weight is 841 g/mol. The Morgan fingerprint density at radius 3 is 0.417 bits per heavy atom. The predicted octanol–water partition coefficient (Wildman–Crippen LogP) is 1.82. The van der Waals surface area contributed by atoms with E-state index in [1.807, 2.05) is 0 Å². The van der Waals surface area contributed by atoms with Crippen molar-refractivity contribution in [3.05, 3.63) is 0 Å². The molecule has 0 N–H and O–H groups in total. The molecule has 0 aromatic rings. The molecule has 8 radical (unpaired) electrons. The molecule has 0 saturated heterocycles. The molecule has 0 saturated carbocycles. The van der Waals surface area contributed by atoms with Crippen LogP contribution in [-0.2, 0) is 262 Å². The first-order valence-electron chi connectivity index (χ1n) is 0.775. The first-order valence-corrected chi connectivity index (χ1v) is 6.97. The van der Waals surface area contributed by atoms with Gasteiger partial charge in [0.25, 0.3) is 0 Å². The molecular formula is H6P4Y8. The van der Waals surface area contributed by atoms with E-state index < -0.39 is 0 Å². The Morgan fingerprint density at radius 1 is 0.417 bits per heavy atom. The van der Waals surface area contributed by atoms with Crippen molar-refractivity contribution in [2.75, 3.05) is 0 Å². The van der Waals surface area contributed by atoms with E-state index in [0.29, 0.717) is 0 Å². The second-order valence-corrected chi connectivity index (χ2v) is 12.1. The Bertz CT molecular complexity index is 15.8. The quantitative estimate of drug-likeness (QED) is 0.327. The molecule has 0 aliphatic rings. The maximum absolute atomic E-state index is 2.65. The van der Waals surface area contributed by atoms with Gasteiger partial charge in [-0.05, 0) is 6.99 Å². The van der Waals surface area contributed by atoms with Crippen LogP contribution in [0.15, 0.2) is 0 Å². The first-order chi connectivity index (χ1) is 1.73. The van der Waals surface area contributed by atoms with Gasteiger partial charge in [-0.15, -0.1) is 26.8 Å². The molecule has 3 atom stereocenters. The molecule has 0 aromatic heterocycles. The molecule has 0 fully saturated rings. The van der Waals surface area contributed by atoms with Gasteiger partial charge < -0.3 is 0 Å². The van der Waals surface area contributed by atoms with Crippen molar-refractivity contribution in [1.29, 1.82) is 0 Å². The standard InChI is InChI=1S/H6P4.8Y/c1-4(2)3;;;;;;;;/h1-3H2;;;;;;;;. The zero-order valence-corrected chi connectivity index (χ0v) is 33.9. The van der Waals surface area contributed by atoms with Crippen molar-refractivity contribution >= 4 is 33.8 Å². The average Bonchev–Trinajstić information content (AvgIpc) is 0.811. The minimum atomic E-state index is 0. The van der Waals surface area contributed by atoms with E-state index >= 15 is 0 Å². The summed E-state index contributed by atoms with van der Waals surface area (Å²) >= 11 is 0. The maximum atomic E-state index is 2.65. The van der Waals surface area contributed by atoms with Gasteiger partial charge in [-0.25, -0.2) is 0 Å². The number of rotatable bonds is 0. The van der Waals surface area contributed by atoms with Gasteiger partial charge >= 0.3 is 0 Å². The van der Waals surface area contributed by atoms with Gasteiger partial charge in [-0.3, -0.25) is 0 Å². The van der Waals surface area contributed by atoms with E-state index in [9.17, 15) is 0 Å². The predicted molar refractivity (Wildman–Crippen MR) is 36.1 cm³/mol. The zero-order valence-electron chi connectivity index (χ0n) is 6.80. The van der Waals surface area contributed by atoms with Gasteiger partial charge in [0.05, 0.1) is 0 Å². The van der Waals surface area contributed by atoms with Crippen LogP contribution in [0.5, 0.6) is 0 Å². The molecular weight excluding hydrogens is 835 g/mol. The normalized spacial score (nSPS) is 3.00. The summed E-state index contributed by atoms with van der Waals surface area (Å²) in [5.74, 6) is 0. The van der Waals surface area contributed by atoms with E-state index in [0.717, 1.165) is 0 Å². The second kappa shape index (κ2) is 49.6. The molecule has 0 aliphatic heterocycles. The van der Waals surface area contributed by atoms with Crippen LogP contribution in [0.3, 0.4) is 0 Å². The van der Waals surface area contributed by atoms with Gasteiger partial charge in [-0.2, -0.15) is 0 Å². The fraction of sp³-hybridized carbons (Fsp3) is 0. The summed E-state index contributed by atoms with van der Waals surface area (Å²) in [7, 11) is 7.94. The molecule has 12 heteroatoms. The molecule has 3 unspecified atom stereocenters. The Hall–Kier alpha value is 10.6. The summed E-state index contributed by atoms with van der Waals surface area (Å²) in [5, 5.41) is 0. The fourth-order valence-electron chi connectivity index (χ4n) is 0. The Labute approximate surface area is 286 Å². The SMILES string of the molecule is PP(P)P.[Y].[Y].[Y].[Y].[Y].[Y].[Y].[Y]. The fourth-order valence-corrected chi connectivity index (χ4v) is 0. The number of hydrogen-bond acceptors (Lipinski definition) is 0. The summed E-state index contributed by atoms with van der Waals surface area (Å²) in [6.45, 7) is 0.130. The van der Waals surface area contributed by atoms with Crippen LogP contribution in [0.1, 0.15) is 0 Å². The van der Waals surface area contributed by atoms with Crippen LogP contribution in [0.4, 0.5) is 0 Å². The summed E-state index contributed by atoms with van der Waals surface area (Å²) in [6, 6.07) is 0. The van der Waals surface area contributed by atoms with Gasteiger partial charge in [0.1, 0.15) is 0 Å². The van der Waals surface area contributed by atoms with Gasteiger partial charge in [0.15, 0.2) is 0 Å². The summed E-state index contributed by atoms with van der Waals surface area (Å²) in [5.41, 5.74) is 0. The van der Waals surface area contributed by atoms with Crippen molar-refractivity contribution in [1.82, 2.24) is 0 Å². The Balaban J connectivity index is -0.00000000161. The van der Waals surface area contributed by atoms with Crippen LogP contribution in [0, 0.1) is 0 Å². The van der Waals surface area contributed by atoms with Crippen LogP contribution < -0.4 is 0 Å². The van der Waals surface area contributed by atoms with Crippen molar-refractivity contribution in [2.24, 2.45) is 0 Å². The molecule has 0 nitrogen and oxygen atoms in total. The summed E-state index contributed by atoms with van der Waals surface area (Å²) in [6.07, 6.45) is 0. The van der Waals surface area contributed by atoms with Crippen molar-refractivity contribution < 1.29 is 262 Å². The Morgan fingerprint density at radius 2 is 0.417 bits per heavy atom. The van der Waals surface area contributed by atoms with E-state index in [1.54, 1.807) is 0 Å². The third-order valence-corrected chi connectivity index (χ3v) is 0. The second-order valence-electron chi connectivity index (χ2n) is 0.447. The topological polar surface area (TPSA) is 0 Å². The molecule has 0 amide bonds. The van der Waals surface area contributed by atoms with E-state index in [2.05, 4.69) is 26.8 Å². The molecule has 0 bridgehead atoms. The van der Waals surface area contributed by atoms with Crippen LogP contribution in [0.2, 0.25) is 0 Å². The van der Waals surface area contributed by atoms with Crippen LogP contribution in [0.25, 0.3) is 0 Å². The molecule has 50 valence electrons. The molecule has 0 rings (SSSR count). The molecule has 0 spiro atoms. The first kappa shape index (κ1) is 57.0. The molecule has 0 aliphatic carbocycles. The summed E-state index contributed by atoms with van der Waals surface area (Å²) < 4.78 is 0. The van der Waals surface area contributed by atoms with Crippen molar-refractivity contribution in [3.8, 4) is 0 Å². The minimum Gasteiger partial charge on any atom is -0.103 e. The Kier molecular flexibility index (Phi) is 236. The molecule has 0 heterocycles. The molecule has 0 aromatic carbocycles. The monoisotopic (exact) mass is 841 g/mol. The molecule has 12 heavy (non-hydrogen) atoms.